The molecule has 3 fully saturated rings. The summed E-state index contributed by atoms with van der Waals surface area (Å²) in [7, 11) is 3.14. The van der Waals surface area contributed by atoms with Gasteiger partial charge in [-0.1, -0.05) is 50.3 Å². The molecule has 8 atom stereocenters. The number of urea groups is 1. The first-order chi connectivity index (χ1) is 26.2. The number of halogens is 2. The summed E-state index contributed by atoms with van der Waals surface area (Å²) in [6.45, 7) is 4.56. The van der Waals surface area contributed by atoms with Crippen molar-refractivity contribution in [1.82, 2.24) is 4.90 Å². The van der Waals surface area contributed by atoms with E-state index in [-0.39, 0.29) is 47.7 Å². The SMILES string of the molecule is COc1ccc(CN(CC2(O)CCC3C45C=CC6(C=C4C(=O)c4ccc(F)c(F)c4)CC(O)CCC6(C)C5CCC32C)C(=O)Nc2ccccc2)c(OC)c1. The van der Waals surface area contributed by atoms with Crippen molar-refractivity contribution in [3.63, 3.8) is 0 Å². The highest BCUT2D eigenvalue weighted by Gasteiger charge is 2.74. The molecule has 2 bridgehead atoms. The van der Waals surface area contributed by atoms with Crippen LogP contribution in [0.15, 0.2) is 90.5 Å². The lowest BCUT2D eigenvalue weighted by Crippen LogP contribution is -2.67. The number of carbonyl (C=O) groups excluding carboxylic acids is 2. The number of ketones is 1. The zero-order valence-electron chi connectivity index (χ0n) is 31.9. The van der Waals surface area contributed by atoms with Gasteiger partial charge >= 0.3 is 6.03 Å². The summed E-state index contributed by atoms with van der Waals surface area (Å²) in [5.41, 5.74) is -1.79. The molecule has 6 aliphatic carbocycles. The van der Waals surface area contributed by atoms with Gasteiger partial charge in [-0.15, -0.1) is 0 Å². The van der Waals surface area contributed by atoms with E-state index in [1.165, 1.54) is 6.07 Å². The molecule has 9 rings (SSSR count). The van der Waals surface area contributed by atoms with Crippen molar-refractivity contribution in [2.45, 2.75) is 77.0 Å². The summed E-state index contributed by atoms with van der Waals surface area (Å²) in [5.74, 6) is -1.50. The van der Waals surface area contributed by atoms with Crippen LogP contribution in [-0.4, -0.2) is 59.4 Å². The molecular weight excluding hydrogens is 702 g/mol. The monoisotopic (exact) mass is 752 g/mol. The summed E-state index contributed by atoms with van der Waals surface area (Å²) in [4.78, 5) is 30.7. The second-order valence-corrected chi connectivity index (χ2v) is 17.1. The molecule has 8 nitrogen and oxygen atoms in total. The molecule has 290 valence electrons. The van der Waals surface area contributed by atoms with Gasteiger partial charge in [-0.3, -0.25) is 4.79 Å². The topological polar surface area (TPSA) is 108 Å². The molecule has 3 saturated carbocycles. The van der Waals surface area contributed by atoms with Gasteiger partial charge in [0.05, 0.1) is 39.0 Å². The van der Waals surface area contributed by atoms with E-state index in [1.54, 1.807) is 25.2 Å². The highest BCUT2D eigenvalue weighted by atomic mass is 19.2. The molecular formula is C45H50F2N2O6. The minimum Gasteiger partial charge on any atom is -0.497 e. The Kier molecular flexibility index (Phi) is 9.04. The van der Waals surface area contributed by atoms with Gasteiger partial charge in [-0.25, -0.2) is 13.6 Å². The number of anilines is 1. The number of allylic oxidation sites excluding steroid dienone is 4. The summed E-state index contributed by atoms with van der Waals surface area (Å²) >= 11 is 0. The summed E-state index contributed by atoms with van der Waals surface area (Å²) in [5, 5.41) is 27.2. The summed E-state index contributed by atoms with van der Waals surface area (Å²) < 4.78 is 39.9. The van der Waals surface area contributed by atoms with Gasteiger partial charge in [0.2, 0.25) is 0 Å². The predicted molar refractivity (Wildman–Crippen MR) is 205 cm³/mol. The molecule has 2 amide bonds. The number of para-hydroxylation sites is 1. The quantitative estimate of drug-likeness (QED) is 0.150. The first kappa shape index (κ1) is 37.4. The van der Waals surface area contributed by atoms with Crippen molar-refractivity contribution < 1.29 is 38.1 Å². The Labute approximate surface area is 321 Å². The number of Topliss-reactive ketones (excluding diaryl/α,β-unsaturated/α-hetero) is 1. The molecule has 10 heteroatoms. The zero-order valence-corrected chi connectivity index (χ0v) is 31.9. The van der Waals surface area contributed by atoms with Crippen molar-refractivity contribution in [2.75, 3.05) is 26.1 Å². The van der Waals surface area contributed by atoms with E-state index in [1.807, 2.05) is 48.5 Å². The van der Waals surface area contributed by atoms with E-state index >= 15 is 0 Å². The predicted octanol–water partition coefficient (Wildman–Crippen LogP) is 8.49. The molecule has 2 spiro atoms. The van der Waals surface area contributed by atoms with Crippen LogP contribution in [0.1, 0.15) is 74.7 Å². The van der Waals surface area contributed by atoms with Crippen molar-refractivity contribution in [2.24, 2.45) is 33.5 Å². The molecule has 0 aliphatic heterocycles. The number of nitrogens with zero attached hydrogens (tertiary/aromatic N) is 1. The second kappa shape index (κ2) is 13.3. The molecule has 3 aromatic carbocycles. The average molecular weight is 753 g/mol. The van der Waals surface area contributed by atoms with Gasteiger partial charge in [0.25, 0.3) is 0 Å². The summed E-state index contributed by atoms with van der Waals surface area (Å²) in [6, 6.07) is 17.6. The molecule has 0 saturated heterocycles. The number of methoxy groups -OCH3 is 2. The maximum absolute atomic E-state index is 14.8. The Morgan fingerprint density at radius 3 is 2.33 bits per heavy atom. The van der Waals surface area contributed by atoms with E-state index in [9.17, 15) is 28.6 Å². The third kappa shape index (κ3) is 5.57. The van der Waals surface area contributed by atoms with Crippen LogP contribution in [0.3, 0.4) is 0 Å². The molecule has 55 heavy (non-hydrogen) atoms. The molecule has 0 heterocycles. The molecule has 0 radical (unpaired) electrons. The molecule has 0 aromatic heterocycles. The van der Waals surface area contributed by atoms with Gasteiger partial charge in [0.15, 0.2) is 17.4 Å². The fourth-order valence-electron chi connectivity index (χ4n) is 11.8. The van der Waals surface area contributed by atoms with Crippen molar-refractivity contribution >= 4 is 17.5 Å². The number of ether oxygens (including phenoxy) is 2. The van der Waals surface area contributed by atoms with Crippen molar-refractivity contribution in [1.29, 1.82) is 0 Å². The van der Waals surface area contributed by atoms with Crippen molar-refractivity contribution in [3.05, 3.63) is 113 Å². The van der Waals surface area contributed by atoms with E-state index in [0.29, 0.717) is 61.3 Å². The van der Waals surface area contributed by atoms with Crippen LogP contribution in [0.4, 0.5) is 19.3 Å². The molecule has 3 aromatic rings. The average Bonchev–Trinajstić information content (AvgIpc) is 3.45. The number of hydrogen-bond acceptors (Lipinski definition) is 6. The van der Waals surface area contributed by atoms with E-state index in [2.05, 4.69) is 31.3 Å². The minimum atomic E-state index is -1.36. The standard InChI is InChI=1S/C45H50F2N2O6/c1-41-17-14-31(50)24-43(41)20-21-45(33(25-43)39(51)28-11-13-34(46)35(47)22-28)37(41)15-18-42(2)38(45)16-19-44(42,53)27-49(40(52)48-30-8-6-5-7-9-30)26-29-10-12-32(54-3)23-36(29)55-4/h5-13,20-23,25,31,37-38,50,53H,14-19,24,26-27H2,1-4H3,(H,48,52). The maximum Gasteiger partial charge on any atom is 0.322 e. The van der Waals surface area contributed by atoms with Crippen LogP contribution >= 0.6 is 0 Å². The number of aliphatic hydroxyl groups excluding tert-OH is 1. The molecule has 3 N–H and O–H groups in total. The van der Waals surface area contributed by atoms with Crippen LogP contribution in [0.25, 0.3) is 0 Å². The second-order valence-electron chi connectivity index (χ2n) is 17.1. The van der Waals surface area contributed by atoms with Crippen LogP contribution in [0, 0.1) is 45.1 Å². The Bertz CT molecular complexity index is 2090. The first-order valence-electron chi connectivity index (χ1n) is 19.4. The summed E-state index contributed by atoms with van der Waals surface area (Å²) in [6.07, 6.45) is 10.2. The number of rotatable bonds is 9. The number of fused-ring (bicyclic) bond motifs is 1. The lowest BCUT2D eigenvalue weighted by Gasteiger charge is -2.71. The van der Waals surface area contributed by atoms with Crippen molar-refractivity contribution in [3.8, 4) is 11.5 Å². The number of carbonyl (C=O) groups is 2. The first-order valence-corrected chi connectivity index (χ1v) is 19.4. The highest BCUT2D eigenvalue weighted by molar-refractivity contribution is 6.10. The third-order valence-corrected chi connectivity index (χ3v) is 14.8. The number of hydrogen-bond donors (Lipinski definition) is 3. The Morgan fingerprint density at radius 1 is 0.873 bits per heavy atom. The van der Waals surface area contributed by atoms with Crippen LogP contribution in [-0.2, 0) is 6.54 Å². The van der Waals surface area contributed by atoms with E-state index < -0.39 is 39.6 Å². The maximum atomic E-state index is 14.8. The van der Waals surface area contributed by atoms with Crippen LogP contribution < -0.4 is 14.8 Å². The van der Waals surface area contributed by atoms with Crippen LogP contribution in [0.2, 0.25) is 0 Å². The number of amides is 2. The van der Waals surface area contributed by atoms with Gasteiger partial charge in [0.1, 0.15) is 11.5 Å². The molecule has 6 aliphatic rings. The molecule has 8 unspecified atom stereocenters. The zero-order chi connectivity index (χ0) is 39.0. The third-order valence-electron chi connectivity index (χ3n) is 14.8. The van der Waals surface area contributed by atoms with Gasteiger partial charge < -0.3 is 29.9 Å². The van der Waals surface area contributed by atoms with Gasteiger partial charge in [0, 0.05) is 44.7 Å². The number of nitrogens with one attached hydrogen (secondary N) is 1. The van der Waals surface area contributed by atoms with Crippen LogP contribution in [0.5, 0.6) is 11.5 Å². The van der Waals surface area contributed by atoms with E-state index in [0.717, 1.165) is 24.1 Å². The highest BCUT2D eigenvalue weighted by Crippen LogP contribution is 2.78. The Balaban J connectivity index is 1.20. The lowest BCUT2D eigenvalue weighted by molar-refractivity contribution is -0.174. The Morgan fingerprint density at radius 2 is 1.60 bits per heavy atom. The normalized spacial score (nSPS) is 34.2. The Hall–Kier alpha value is -4.54. The number of benzene rings is 3. The lowest BCUT2D eigenvalue weighted by atomic mass is 9.32. The van der Waals surface area contributed by atoms with Gasteiger partial charge in [-0.2, -0.15) is 0 Å². The number of aliphatic hydroxyl groups is 2. The fraction of sp³-hybridized carbons (Fsp3) is 0.467. The van der Waals surface area contributed by atoms with E-state index in [4.69, 9.17) is 9.47 Å². The smallest absolute Gasteiger partial charge is 0.322 e. The van der Waals surface area contributed by atoms with Gasteiger partial charge in [-0.05, 0) is 105 Å². The largest absolute Gasteiger partial charge is 0.497 e. The minimum absolute atomic E-state index is 0.00760. The fourth-order valence-corrected chi connectivity index (χ4v) is 11.8.